The van der Waals surface area contributed by atoms with E-state index in [1.165, 1.54) is 11.3 Å². The van der Waals surface area contributed by atoms with Crippen molar-refractivity contribution in [2.24, 2.45) is 0 Å². The van der Waals surface area contributed by atoms with Crippen LogP contribution in [-0.4, -0.2) is 37.3 Å². The molecule has 3 aromatic rings. The van der Waals surface area contributed by atoms with Gasteiger partial charge in [0.15, 0.2) is 11.5 Å². The van der Waals surface area contributed by atoms with Crippen LogP contribution >= 0.6 is 11.3 Å². The summed E-state index contributed by atoms with van der Waals surface area (Å²) in [4.78, 5) is 14.1. The van der Waals surface area contributed by atoms with Crippen LogP contribution in [0.15, 0.2) is 12.1 Å². The van der Waals surface area contributed by atoms with Crippen molar-refractivity contribution in [2.75, 3.05) is 26.6 Å². The molecule has 7 nitrogen and oxygen atoms in total. The molecule has 8 heteroatoms. The number of benzene rings is 1. The lowest BCUT2D eigenvalue weighted by molar-refractivity contribution is 0.324. The third-order valence-electron chi connectivity index (χ3n) is 5.33. The topological polar surface area (TPSA) is 69.9 Å². The maximum atomic E-state index is 7.49. The second kappa shape index (κ2) is 9.84. The first-order chi connectivity index (χ1) is 15.0. The zero-order valence-corrected chi connectivity index (χ0v) is 19.6. The summed E-state index contributed by atoms with van der Waals surface area (Å²) in [6.07, 6.45) is 2.47. The fourth-order valence-electron chi connectivity index (χ4n) is 3.57. The number of ether oxygens (including phenoxy) is 3. The van der Waals surface area contributed by atoms with Crippen LogP contribution < -0.4 is 19.5 Å². The Bertz CT molecular complexity index is 1090. The van der Waals surface area contributed by atoms with Crippen molar-refractivity contribution < 1.29 is 14.2 Å². The monoisotopic (exact) mass is 440 g/mol. The van der Waals surface area contributed by atoms with Crippen molar-refractivity contribution >= 4 is 32.4 Å². The molecule has 2 aromatic heterocycles. The minimum Gasteiger partial charge on any atom is -0.493 e. The highest BCUT2D eigenvalue weighted by atomic mass is 32.1. The van der Waals surface area contributed by atoms with E-state index in [4.69, 9.17) is 30.8 Å². The minimum atomic E-state index is 0.308. The average Bonchev–Trinajstić information content (AvgIpc) is 3.11. The molecule has 0 unspecified atom stereocenters. The predicted octanol–water partition coefficient (Wildman–Crippen LogP) is 5.77. The number of nitrogens with zero attached hydrogens (tertiary/aromatic N) is 3. The fourth-order valence-corrected chi connectivity index (χ4v) is 4.55. The van der Waals surface area contributed by atoms with Gasteiger partial charge in [0.1, 0.15) is 16.5 Å². The number of hydrogen-bond donors (Lipinski definition) is 1. The molecule has 1 N–H and O–H groups in total. The first kappa shape index (κ1) is 22.6. The van der Waals surface area contributed by atoms with Gasteiger partial charge in [0.25, 0.3) is 0 Å². The summed E-state index contributed by atoms with van der Waals surface area (Å²) in [6, 6.07) is 4.13. The zero-order valence-electron chi connectivity index (χ0n) is 18.8. The SMILES string of the molecule is [C-]#[N+]c1sc2nc(Cc3cc(OC)c(OC)c(OC)c3)nc(NC(CC)CC)c2c1C. The summed E-state index contributed by atoms with van der Waals surface area (Å²) in [5, 5.41) is 5.17. The van der Waals surface area contributed by atoms with Crippen LogP contribution in [0.25, 0.3) is 15.1 Å². The molecule has 164 valence electrons. The van der Waals surface area contributed by atoms with E-state index in [-0.39, 0.29) is 0 Å². The summed E-state index contributed by atoms with van der Waals surface area (Å²) in [6.45, 7) is 13.8. The molecule has 0 amide bonds. The van der Waals surface area contributed by atoms with Gasteiger partial charge in [0.05, 0.1) is 27.9 Å². The third-order valence-corrected chi connectivity index (χ3v) is 6.41. The molecule has 0 aliphatic heterocycles. The molecule has 0 fully saturated rings. The van der Waals surface area contributed by atoms with Crippen LogP contribution in [0.5, 0.6) is 17.2 Å². The number of anilines is 1. The van der Waals surface area contributed by atoms with E-state index >= 15 is 0 Å². The number of methoxy groups -OCH3 is 3. The van der Waals surface area contributed by atoms with E-state index < -0.39 is 0 Å². The van der Waals surface area contributed by atoms with Gasteiger partial charge in [0.2, 0.25) is 10.8 Å². The zero-order chi connectivity index (χ0) is 22.5. The number of rotatable bonds is 9. The Morgan fingerprint density at radius 1 is 1.06 bits per heavy atom. The summed E-state index contributed by atoms with van der Waals surface area (Å²) in [7, 11) is 4.78. The molecule has 0 bridgehead atoms. The van der Waals surface area contributed by atoms with Crippen molar-refractivity contribution in [3.8, 4) is 17.2 Å². The summed E-state index contributed by atoms with van der Waals surface area (Å²) in [5.74, 6) is 3.21. The van der Waals surface area contributed by atoms with E-state index in [1.54, 1.807) is 21.3 Å². The van der Waals surface area contributed by atoms with Crippen LogP contribution in [0, 0.1) is 13.5 Å². The highest BCUT2D eigenvalue weighted by molar-refractivity contribution is 7.22. The Morgan fingerprint density at radius 3 is 2.23 bits per heavy atom. The Morgan fingerprint density at radius 2 is 1.71 bits per heavy atom. The fraction of sp³-hybridized carbons (Fsp3) is 0.435. The first-order valence-electron chi connectivity index (χ1n) is 10.2. The van der Waals surface area contributed by atoms with E-state index in [9.17, 15) is 0 Å². The molecule has 0 saturated heterocycles. The van der Waals surface area contributed by atoms with Crippen molar-refractivity contribution in [1.29, 1.82) is 0 Å². The van der Waals surface area contributed by atoms with Gasteiger partial charge in [-0.05, 0) is 43.0 Å². The number of aryl methyl sites for hydroxylation is 1. The second-order valence-electron chi connectivity index (χ2n) is 7.18. The Hall–Kier alpha value is -3.05. The molecule has 0 atom stereocenters. The lowest BCUT2D eigenvalue weighted by Gasteiger charge is -2.18. The van der Waals surface area contributed by atoms with Gasteiger partial charge in [-0.25, -0.2) is 14.8 Å². The molecule has 0 aliphatic rings. The average molecular weight is 441 g/mol. The number of aromatic nitrogens is 2. The van der Waals surface area contributed by atoms with E-state index in [0.717, 1.165) is 40.0 Å². The van der Waals surface area contributed by atoms with E-state index in [0.29, 0.717) is 40.5 Å². The quantitative estimate of drug-likeness (QED) is 0.426. The van der Waals surface area contributed by atoms with Gasteiger partial charge in [-0.3, -0.25) is 0 Å². The normalized spacial score (nSPS) is 10.9. The van der Waals surface area contributed by atoms with Crippen LogP contribution in [0.3, 0.4) is 0 Å². The molecule has 31 heavy (non-hydrogen) atoms. The largest absolute Gasteiger partial charge is 0.493 e. The van der Waals surface area contributed by atoms with Gasteiger partial charge in [-0.15, -0.1) is 11.3 Å². The number of fused-ring (bicyclic) bond motifs is 1. The Labute approximate surface area is 187 Å². The lowest BCUT2D eigenvalue weighted by Crippen LogP contribution is -2.18. The third kappa shape index (κ3) is 4.52. The van der Waals surface area contributed by atoms with Crippen molar-refractivity contribution in [3.63, 3.8) is 0 Å². The van der Waals surface area contributed by atoms with Crippen molar-refractivity contribution in [2.45, 2.75) is 46.1 Å². The number of nitrogens with one attached hydrogen (secondary N) is 1. The predicted molar refractivity (Wildman–Crippen MR) is 125 cm³/mol. The van der Waals surface area contributed by atoms with Crippen LogP contribution in [-0.2, 0) is 6.42 Å². The lowest BCUT2D eigenvalue weighted by atomic mass is 10.1. The molecule has 0 saturated carbocycles. The summed E-state index contributed by atoms with van der Waals surface area (Å²) in [5.41, 5.74) is 1.88. The summed E-state index contributed by atoms with van der Waals surface area (Å²) >= 11 is 1.41. The number of thiophene rings is 1. The maximum absolute atomic E-state index is 7.49. The Balaban J connectivity index is 2.10. The van der Waals surface area contributed by atoms with Crippen LogP contribution in [0.4, 0.5) is 10.8 Å². The Kier molecular flexibility index (Phi) is 7.18. The maximum Gasteiger partial charge on any atom is 0.246 e. The van der Waals surface area contributed by atoms with E-state index in [2.05, 4.69) is 24.0 Å². The molecular weight excluding hydrogens is 412 g/mol. The minimum absolute atomic E-state index is 0.308. The van der Waals surface area contributed by atoms with Gasteiger partial charge < -0.3 is 19.5 Å². The van der Waals surface area contributed by atoms with Gasteiger partial charge >= 0.3 is 0 Å². The standard InChI is InChI=1S/C23H28N4O3S/c1-8-15(9-2)25-21-19-13(3)22(24-4)31-23(19)27-18(26-21)12-14-10-16(28-5)20(30-7)17(11-14)29-6/h10-11,15H,8-9,12H2,1-3,5-7H3,(H,25,26,27). The van der Waals surface area contributed by atoms with Gasteiger partial charge in [-0.2, -0.15) is 0 Å². The molecule has 0 aliphatic carbocycles. The first-order valence-corrected chi connectivity index (χ1v) is 11.0. The highest BCUT2D eigenvalue weighted by Crippen LogP contribution is 2.41. The van der Waals surface area contributed by atoms with Gasteiger partial charge in [-0.1, -0.05) is 13.8 Å². The molecule has 1 aromatic carbocycles. The molecule has 3 rings (SSSR count). The van der Waals surface area contributed by atoms with Crippen LogP contribution in [0.1, 0.15) is 43.6 Å². The smallest absolute Gasteiger partial charge is 0.246 e. The van der Waals surface area contributed by atoms with E-state index in [1.807, 2.05) is 19.1 Å². The number of hydrogen-bond acceptors (Lipinski definition) is 7. The second-order valence-corrected chi connectivity index (χ2v) is 8.16. The molecule has 0 spiro atoms. The van der Waals surface area contributed by atoms with Gasteiger partial charge in [0, 0.05) is 17.8 Å². The highest BCUT2D eigenvalue weighted by Gasteiger charge is 2.19. The molecule has 0 radical (unpaired) electrons. The molecule has 2 heterocycles. The van der Waals surface area contributed by atoms with Crippen LogP contribution in [0.2, 0.25) is 0 Å². The van der Waals surface area contributed by atoms with Crippen molar-refractivity contribution in [3.05, 3.63) is 40.5 Å². The molecular formula is C23H28N4O3S. The van der Waals surface area contributed by atoms with Crippen molar-refractivity contribution in [1.82, 2.24) is 9.97 Å². The summed E-state index contributed by atoms with van der Waals surface area (Å²) < 4.78 is 16.4.